The van der Waals surface area contributed by atoms with E-state index in [1.54, 1.807) is 18.2 Å². The van der Waals surface area contributed by atoms with Crippen LogP contribution in [0.2, 0.25) is 5.02 Å². The summed E-state index contributed by atoms with van der Waals surface area (Å²) in [4.78, 5) is 2.43. The number of sulfonamides is 1. The number of halogens is 1. The van der Waals surface area contributed by atoms with E-state index in [0.29, 0.717) is 30.2 Å². The van der Waals surface area contributed by atoms with Crippen LogP contribution in [0, 0.1) is 0 Å². The lowest BCUT2D eigenvalue weighted by Gasteiger charge is -2.44. The van der Waals surface area contributed by atoms with E-state index in [-0.39, 0.29) is 17.0 Å². The molecule has 0 aliphatic carbocycles. The Hall–Kier alpha value is -0.660. The summed E-state index contributed by atoms with van der Waals surface area (Å²) < 4.78 is 27.1. The summed E-state index contributed by atoms with van der Waals surface area (Å²) in [7, 11) is -1.50. The molecule has 21 heavy (non-hydrogen) atoms. The van der Waals surface area contributed by atoms with Crippen molar-refractivity contribution in [2.24, 2.45) is 5.73 Å². The van der Waals surface area contributed by atoms with Gasteiger partial charge in [-0.05, 0) is 44.7 Å². The molecule has 0 radical (unpaired) electrons. The third kappa shape index (κ3) is 3.24. The Morgan fingerprint density at radius 2 is 2.00 bits per heavy atom. The first-order chi connectivity index (χ1) is 9.68. The van der Waals surface area contributed by atoms with E-state index in [1.165, 1.54) is 4.31 Å². The van der Waals surface area contributed by atoms with E-state index in [1.807, 2.05) is 20.9 Å². The lowest BCUT2D eigenvalue weighted by atomic mass is 10.0. The van der Waals surface area contributed by atoms with Gasteiger partial charge in [-0.3, -0.25) is 4.90 Å². The lowest BCUT2D eigenvalue weighted by Crippen LogP contribution is -2.58. The zero-order valence-electron chi connectivity index (χ0n) is 12.6. The molecule has 1 heterocycles. The molecule has 118 valence electrons. The molecule has 0 atom stereocenters. The Kier molecular flexibility index (Phi) is 4.66. The third-order valence-corrected chi connectivity index (χ3v) is 6.37. The van der Waals surface area contributed by atoms with Crippen molar-refractivity contribution in [2.45, 2.75) is 30.8 Å². The van der Waals surface area contributed by atoms with Gasteiger partial charge in [0.05, 0.1) is 4.90 Å². The van der Waals surface area contributed by atoms with Gasteiger partial charge in [0.15, 0.2) is 0 Å². The molecular weight excluding hydrogens is 310 g/mol. The van der Waals surface area contributed by atoms with Crippen LogP contribution >= 0.6 is 11.6 Å². The van der Waals surface area contributed by atoms with Gasteiger partial charge in [-0.15, -0.1) is 0 Å². The van der Waals surface area contributed by atoms with Gasteiger partial charge in [-0.25, -0.2) is 8.42 Å². The number of hydrogen-bond donors (Lipinski definition) is 1. The van der Waals surface area contributed by atoms with E-state index in [2.05, 4.69) is 4.90 Å². The zero-order valence-corrected chi connectivity index (χ0v) is 14.2. The van der Waals surface area contributed by atoms with E-state index in [9.17, 15) is 8.42 Å². The topological polar surface area (TPSA) is 66.6 Å². The molecule has 5 nitrogen and oxygen atoms in total. The van der Waals surface area contributed by atoms with Crippen molar-refractivity contribution in [1.82, 2.24) is 9.21 Å². The highest BCUT2D eigenvalue weighted by Crippen LogP contribution is 2.27. The fourth-order valence-corrected chi connectivity index (χ4v) is 4.25. The number of likely N-dealkylation sites (N-methyl/N-ethyl adjacent to an activating group) is 1. The maximum absolute atomic E-state index is 12.8. The molecule has 0 unspecified atom stereocenters. The molecule has 0 bridgehead atoms. The second-order valence-corrected chi connectivity index (χ2v) is 8.38. The number of benzene rings is 1. The molecule has 1 aliphatic heterocycles. The van der Waals surface area contributed by atoms with Crippen molar-refractivity contribution in [1.29, 1.82) is 0 Å². The number of rotatable bonds is 3. The highest BCUT2D eigenvalue weighted by molar-refractivity contribution is 7.89. The van der Waals surface area contributed by atoms with Crippen LogP contribution in [0.15, 0.2) is 23.1 Å². The van der Waals surface area contributed by atoms with Crippen molar-refractivity contribution >= 4 is 21.6 Å². The van der Waals surface area contributed by atoms with E-state index in [4.69, 9.17) is 17.3 Å². The van der Waals surface area contributed by atoms with Crippen LogP contribution in [-0.2, 0) is 16.6 Å². The van der Waals surface area contributed by atoms with Crippen LogP contribution in [0.3, 0.4) is 0 Å². The van der Waals surface area contributed by atoms with Gasteiger partial charge in [0.2, 0.25) is 10.0 Å². The van der Waals surface area contributed by atoms with Crippen molar-refractivity contribution in [2.75, 3.05) is 26.7 Å². The SMILES string of the molecule is CN1CCN(S(=O)(=O)c2ccc(Cl)c(CN)c2)CC1(C)C. The highest BCUT2D eigenvalue weighted by atomic mass is 35.5. The average molecular weight is 332 g/mol. The van der Waals surface area contributed by atoms with E-state index < -0.39 is 10.0 Å². The van der Waals surface area contributed by atoms with Crippen molar-refractivity contribution in [3.8, 4) is 0 Å². The number of hydrogen-bond acceptors (Lipinski definition) is 4. The molecule has 1 aliphatic rings. The molecule has 0 saturated carbocycles. The van der Waals surface area contributed by atoms with Gasteiger partial charge in [-0.1, -0.05) is 11.6 Å². The molecule has 1 fully saturated rings. The number of piperazine rings is 1. The molecule has 0 spiro atoms. The summed E-state index contributed by atoms with van der Waals surface area (Å²) in [6, 6.07) is 4.71. The predicted molar refractivity (Wildman–Crippen MR) is 84.8 cm³/mol. The molecule has 1 saturated heterocycles. The van der Waals surface area contributed by atoms with Crippen molar-refractivity contribution in [3.05, 3.63) is 28.8 Å². The Labute approximate surface area is 131 Å². The summed E-state index contributed by atoms with van der Waals surface area (Å²) in [5.74, 6) is 0. The van der Waals surface area contributed by atoms with E-state index in [0.717, 1.165) is 0 Å². The van der Waals surface area contributed by atoms with Crippen LogP contribution in [0.25, 0.3) is 0 Å². The standard InChI is InChI=1S/C14H22ClN3O2S/c1-14(2)10-18(7-6-17(14)3)21(19,20)12-4-5-13(15)11(8-12)9-16/h4-5,8H,6-7,9-10,16H2,1-3H3. The summed E-state index contributed by atoms with van der Waals surface area (Å²) in [6.45, 7) is 5.97. The van der Waals surface area contributed by atoms with Gasteiger partial charge < -0.3 is 5.73 Å². The smallest absolute Gasteiger partial charge is 0.243 e. The Bertz CT molecular complexity index is 631. The van der Waals surface area contributed by atoms with Gasteiger partial charge >= 0.3 is 0 Å². The summed E-state index contributed by atoms with van der Waals surface area (Å²) in [5.41, 5.74) is 6.06. The van der Waals surface area contributed by atoms with Crippen LogP contribution < -0.4 is 5.73 Å². The maximum atomic E-state index is 12.8. The largest absolute Gasteiger partial charge is 0.326 e. The van der Waals surface area contributed by atoms with Crippen molar-refractivity contribution in [3.63, 3.8) is 0 Å². The summed E-state index contributed by atoms with van der Waals surface area (Å²) in [5, 5.41) is 0.496. The summed E-state index contributed by atoms with van der Waals surface area (Å²) >= 11 is 6.00. The molecule has 0 aromatic heterocycles. The molecule has 1 aromatic carbocycles. The van der Waals surface area contributed by atoms with Gasteiger partial charge in [0.25, 0.3) is 0 Å². The molecule has 2 N–H and O–H groups in total. The average Bonchev–Trinajstić information content (AvgIpc) is 2.42. The normalized spacial score (nSPS) is 20.6. The molecule has 2 rings (SSSR count). The van der Waals surface area contributed by atoms with Crippen LogP contribution in [0.5, 0.6) is 0 Å². The first-order valence-electron chi connectivity index (χ1n) is 6.88. The quantitative estimate of drug-likeness (QED) is 0.911. The van der Waals surface area contributed by atoms with Crippen molar-refractivity contribution < 1.29 is 8.42 Å². The molecule has 7 heteroatoms. The van der Waals surface area contributed by atoms with Crippen LogP contribution in [0.1, 0.15) is 19.4 Å². The maximum Gasteiger partial charge on any atom is 0.243 e. The minimum absolute atomic E-state index is 0.186. The Morgan fingerprint density at radius 3 is 2.57 bits per heavy atom. The van der Waals surface area contributed by atoms with E-state index >= 15 is 0 Å². The fraction of sp³-hybridized carbons (Fsp3) is 0.571. The van der Waals surface area contributed by atoms with Crippen LogP contribution in [0.4, 0.5) is 0 Å². The third-order valence-electron chi connectivity index (χ3n) is 4.16. The second-order valence-electron chi connectivity index (χ2n) is 6.03. The first-order valence-corrected chi connectivity index (χ1v) is 8.70. The minimum atomic E-state index is -3.51. The highest BCUT2D eigenvalue weighted by Gasteiger charge is 2.37. The zero-order chi connectivity index (χ0) is 15.8. The monoisotopic (exact) mass is 331 g/mol. The number of nitrogens with zero attached hydrogens (tertiary/aromatic N) is 2. The molecule has 0 amide bonds. The second kappa shape index (κ2) is 5.85. The first kappa shape index (κ1) is 16.7. The Balaban J connectivity index is 2.34. The fourth-order valence-electron chi connectivity index (χ4n) is 2.42. The van der Waals surface area contributed by atoms with Gasteiger partial charge in [0, 0.05) is 36.7 Å². The molecule has 1 aromatic rings. The number of nitrogens with two attached hydrogens (primary N) is 1. The lowest BCUT2D eigenvalue weighted by molar-refractivity contribution is 0.0801. The predicted octanol–water partition coefficient (Wildman–Crippen LogP) is 1.51. The molecular formula is C14H22ClN3O2S. The minimum Gasteiger partial charge on any atom is -0.326 e. The Morgan fingerprint density at radius 1 is 1.33 bits per heavy atom. The summed E-state index contributed by atoms with van der Waals surface area (Å²) in [6.07, 6.45) is 0. The van der Waals surface area contributed by atoms with Crippen LogP contribution in [-0.4, -0.2) is 49.8 Å². The van der Waals surface area contributed by atoms with Gasteiger partial charge in [0.1, 0.15) is 0 Å². The van der Waals surface area contributed by atoms with Gasteiger partial charge in [-0.2, -0.15) is 4.31 Å².